The van der Waals surface area contributed by atoms with Crippen LogP contribution < -0.4 is 4.74 Å². The van der Waals surface area contributed by atoms with Gasteiger partial charge in [0.1, 0.15) is 23.0 Å². The van der Waals surface area contributed by atoms with Crippen LogP contribution in [-0.4, -0.2) is 41.1 Å². The minimum Gasteiger partial charge on any atom is -0.493 e. The molecule has 2 aliphatic heterocycles. The number of halogens is 1. The maximum Gasteiger partial charge on any atom is 0.410 e. The lowest BCUT2D eigenvalue weighted by molar-refractivity contribution is -0.127. The minimum atomic E-state index is -0.518. The van der Waals surface area contributed by atoms with E-state index in [4.69, 9.17) is 9.47 Å². The van der Waals surface area contributed by atoms with Crippen LogP contribution in [0.15, 0.2) is 24.3 Å². The summed E-state index contributed by atoms with van der Waals surface area (Å²) in [6.07, 6.45) is 4.40. The van der Waals surface area contributed by atoms with Crippen LogP contribution in [-0.2, 0) is 9.53 Å². The van der Waals surface area contributed by atoms with Gasteiger partial charge in [0.05, 0.1) is 6.61 Å². The Morgan fingerprint density at radius 1 is 1.11 bits per heavy atom. The molecule has 0 spiro atoms. The van der Waals surface area contributed by atoms with E-state index >= 15 is 0 Å². The molecule has 6 heteroatoms. The van der Waals surface area contributed by atoms with Gasteiger partial charge in [0, 0.05) is 24.4 Å². The summed E-state index contributed by atoms with van der Waals surface area (Å²) < 4.78 is 24.1. The van der Waals surface area contributed by atoms with Crippen LogP contribution in [0.5, 0.6) is 5.75 Å². The molecule has 28 heavy (non-hydrogen) atoms. The van der Waals surface area contributed by atoms with Crippen molar-refractivity contribution in [2.24, 2.45) is 5.92 Å². The number of amides is 1. The molecule has 1 aromatic carbocycles. The fraction of sp³-hybridized carbons (Fsp3) is 0.636. The SMILES string of the molecule is CC(C)(C)OC(=O)N1C2CCCC1CC(C(=O)CCOc1ccc(F)cc1)C2. The molecule has 3 rings (SSSR count). The molecule has 0 radical (unpaired) electrons. The van der Waals surface area contributed by atoms with Crippen molar-refractivity contribution in [1.82, 2.24) is 4.90 Å². The summed E-state index contributed by atoms with van der Waals surface area (Å²) in [5.41, 5.74) is -0.518. The Labute approximate surface area is 166 Å². The van der Waals surface area contributed by atoms with E-state index in [1.807, 2.05) is 25.7 Å². The second-order valence-corrected chi connectivity index (χ2v) is 8.81. The van der Waals surface area contributed by atoms with Crippen molar-refractivity contribution < 1.29 is 23.5 Å². The number of Topliss-reactive ketones (excluding diaryl/α,β-unsaturated/α-hetero) is 1. The van der Waals surface area contributed by atoms with Gasteiger partial charge in [-0.05, 0) is 77.1 Å². The second kappa shape index (κ2) is 8.50. The Hall–Kier alpha value is -2.11. The third-order valence-corrected chi connectivity index (χ3v) is 5.47. The zero-order valence-electron chi connectivity index (χ0n) is 16.9. The van der Waals surface area contributed by atoms with Crippen LogP contribution in [0.2, 0.25) is 0 Å². The van der Waals surface area contributed by atoms with Gasteiger partial charge in [-0.15, -0.1) is 0 Å². The molecule has 0 N–H and O–H groups in total. The maximum absolute atomic E-state index is 12.9. The standard InChI is InChI=1S/C22H30FNO4/c1-22(2,3)28-21(26)24-17-5-4-6-18(24)14-15(13-17)20(25)11-12-27-19-9-7-16(23)8-10-19/h7-10,15,17-18H,4-6,11-14H2,1-3H3. The molecule has 2 atom stereocenters. The maximum atomic E-state index is 12.9. The fourth-order valence-corrected chi connectivity index (χ4v) is 4.26. The van der Waals surface area contributed by atoms with Crippen molar-refractivity contribution in [2.75, 3.05) is 6.61 Å². The number of fused-ring (bicyclic) bond motifs is 2. The average Bonchev–Trinajstić information content (AvgIpc) is 2.60. The molecular formula is C22H30FNO4. The Balaban J connectivity index is 1.53. The number of rotatable bonds is 5. The molecule has 5 nitrogen and oxygen atoms in total. The smallest absolute Gasteiger partial charge is 0.410 e. The summed E-state index contributed by atoms with van der Waals surface area (Å²) in [4.78, 5) is 27.2. The van der Waals surface area contributed by atoms with E-state index in [1.165, 1.54) is 12.1 Å². The molecule has 2 saturated heterocycles. The molecule has 0 aliphatic carbocycles. The van der Waals surface area contributed by atoms with Gasteiger partial charge in [0.15, 0.2) is 0 Å². The van der Waals surface area contributed by atoms with Crippen LogP contribution >= 0.6 is 0 Å². The summed E-state index contributed by atoms with van der Waals surface area (Å²) in [7, 11) is 0. The first-order valence-corrected chi connectivity index (χ1v) is 10.2. The monoisotopic (exact) mass is 391 g/mol. The quantitative estimate of drug-likeness (QED) is 0.728. The number of piperidine rings is 2. The van der Waals surface area contributed by atoms with Crippen molar-refractivity contribution >= 4 is 11.9 Å². The Kier molecular flexibility index (Phi) is 6.26. The van der Waals surface area contributed by atoms with E-state index in [-0.39, 0.29) is 42.3 Å². The second-order valence-electron chi connectivity index (χ2n) is 8.81. The molecule has 2 heterocycles. The summed E-state index contributed by atoms with van der Waals surface area (Å²) in [6.45, 7) is 5.90. The van der Waals surface area contributed by atoms with Gasteiger partial charge in [-0.1, -0.05) is 0 Å². The van der Waals surface area contributed by atoms with Crippen molar-refractivity contribution in [3.63, 3.8) is 0 Å². The molecule has 2 bridgehead atoms. The van der Waals surface area contributed by atoms with Gasteiger partial charge in [-0.2, -0.15) is 0 Å². The number of hydrogen-bond acceptors (Lipinski definition) is 4. The third kappa shape index (κ3) is 5.24. The highest BCUT2D eigenvalue weighted by Crippen LogP contribution is 2.38. The topological polar surface area (TPSA) is 55.8 Å². The van der Waals surface area contributed by atoms with Crippen molar-refractivity contribution in [3.8, 4) is 5.75 Å². The van der Waals surface area contributed by atoms with Crippen molar-refractivity contribution in [3.05, 3.63) is 30.1 Å². The Morgan fingerprint density at radius 2 is 1.71 bits per heavy atom. The lowest BCUT2D eigenvalue weighted by Crippen LogP contribution is -2.56. The predicted molar refractivity (Wildman–Crippen MR) is 104 cm³/mol. The molecule has 2 fully saturated rings. The minimum absolute atomic E-state index is 0.0363. The van der Waals surface area contributed by atoms with E-state index in [1.54, 1.807) is 12.1 Å². The average molecular weight is 391 g/mol. The van der Waals surface area contributed by atoms with Gasteiger partial charge < -0.3 is 14.4 Å². The van der Waals surface area contributed by atoms with Gasteiger partial charge >= 0.3 is 6.09 Å². The van der Waals surface area contributed by atoms with E-state index in [2.05, 4.69) is 0 Å². The van der Waals surface area contributed by atoms with Crippen LogP contribution in [0.1, 0.15) is 59.3 Å². The molecule has 154 valence electrons. The summed E-state index contributed by atoms with van der Waals surface area (Å²) in [5.74, 6) is 0.395. The zero-order chi connectivity index (χ0) is 20.3. The highest BCUT2D eigenvalue weighted by Gasteiger charge is 2.44. The van der Waals surface area contributed by atoms with E-state index < -0.39 is 5.60 Å². The number of benzene rings is 1. The number of carbonyl (C=O) groups excluding carboxylic acids is 2. The van der Waals surface area contributed by atoms with Crippen molar-refractivity contribution in [1.29, 1.82) is 0 Å². The fourth-order valence-electron chi connectivity index (χ4n) is 4.26. The number of ketones is 1. The molecule has 2 unspecified atom stereocenters. The molecule has 2 aliphatic rings. The molecule has 1 amide bonds. The third-order valence-electron chi connectivity index (χ3n) is 5.47. The first kappa shape index (κ1) is 20.6. The molecule has 0 aromatic heterocycles. The van der Waals surface area contributed by atoms with E-state index in [0.717, 1.165) is 19.3 Å². The van der Waals surface area contributed by atoms with Crippen LogP contribution in [0, 0.1) is 11.7 Å². The zero-order valence-corrected chi connectivity index (χ0v) is 16.9. The largest absolute Gasteiger partial charge is 0.493 e. The number of ether oxygens (including phenoxy) is 2. The van der Waals surface area contributed by atoms with E-state index in [9.17, 15) is 14.0 Å². The molecule has 1 aromatic rings. The molecular weight excluding hydrogens is 361 g/mol. The van der Waals surface area contributed by atoms with Crippen LogP contribution in [0.4, 0.5) is 9.18 Å². The number of carbonyl (C=O) groups is 2. The lowest BCUT2D eigenvalue weighted by atomic mass is 9.76. The van der Waals surface area contributed by atoms with Crippen LogP contribution in [0.25, 0.3) is 0 Å². The first-order chi connectivity index (χ1) is 13.2. The Morgan fingerprint density at radius 3 is 2.29 bits per heavy atom. The van der Waals surface area contributed by atoms with E-state index in [0.29, 0.717) is 25.0 Å². The lowest BCUT2D eigenvalue weighted by Gasteiger charge is -2.48. The first-order valence-electron chi connectivity index (χ1n) is 10.2. The number of hydrogen-bond donors (Lipinski definition) is 0. The molecule has 0 saturated carbocycles. The normalized spacial score (nSPS) is 24.6. The van der Waals surface area contributed by atoms with Gasteiger partial charge in [0.25, 0.3) is 0 Å². The van der Waals surface area contributed by atoms with Gasteiger partial charge in [0.2, 0.25) is 0 Å². The van der Waals surface area contributed by atoms with Crippen LogP contribution in [0.3, 0.4) is 0 Å². The highest BCUT2D eigenvalue weighted by atomic mass is 19.1. The number of nitrogens with zero attached hydrogens (tertiary/aromatic N) is 1. The predicted octanol–water partition coefficient (Wildman–Crippen LogP) is 4.73. The van der Waals surface area contributed by atoms with Crippen molar-refractivity contribution in [2.45, 2.75) is 77.0 Å². The summed E-state index contributed by atoms with van der Waals surface area (Å²) in [5, 5.41) is 0. The summed E-state index contributed by atoms with van der Waals surface area (Å²) >= 11 is 0. The van der Waals surface area contributed by atoms with Gasteiger partial charge in [-0.3, -0.25) is 4.79 Å². The summed E-state index contributed by atoms with van der Waals surface area (Å²) in [6, 6.07) is 5.95. The Bertz CT molecular complexity index is 683. The van der Waals surface area contributed by atoms with Gasteiger partial charge in [-0.25, -0.2) is 9.18 Å². The highest BCUT2D eigenvalue weighted by molar-refractivity contribution is 5.82.